The first-order chi connectivity index (χ1) is 13.7. The van der Waals surface area contributed by atoms with Crippen molar-refractivity contribution in [2.45, 2.75) is 25.4 Å². The molecule has 4 rings (SSSR count). The summed E-state index contributed by atoms with van der Waals surface area (Å²) in [5, 5.41) is 0. The normalized spacial score (nSPS) is 18.8. The number of piperidine rings is 1. The maximum atomic E-state index is 12.9. The number of para-hydroxylation sites is 1. The van der Waals surface area contributed by atoms with E-state index in [-0.39, 0.29) is 24.5 Å². The van der Waals surface area contributed by atoms with Crippen LogP contribution in [0.2, 0.25) is 0 Å². The van der Waals surface area contributed by atoms with Crippen LogP contribution in [-0.2, 0) is 11.3 Å². The van der Waals surface area contributed by atoms with Crippen molar-refractivity contribution in [3.05, 3.63) is 60.2 Å². The third-order valence-corrected chi connectivity index (χ3v) is 5.54. The Morgan fingerprint density at radius 2 is 1.75 bits per heavy atom. The molecule has 2 aromatic carbocycles. The van der Waals surface area contributed by atoms with E-state index in [0.29, 0.717) is 5.69 Å². The molecular formula is C22H25N3O3. The summed E-state index contributed by atoms with van der Waals surface area (Å²) in [5.41, 5.74) is 1.87. The fourth-order valence-electron chi connectivity index (χ4n) is 4.05. The Hall–Kier alpha value is -2.86. The Kier molecular flexibility index (Phi) is 5.30. The zero-order chi connectivity index (χ0) is 19.5. The number of benzene rings is 2. The van der Waals surface area contributed by atoms with Crippen molar-refractivity contribution in [2.75, 3.05) is 31.6 Å². The van der Waals surface area contributed by atoms with Crippen LogP contribution in [0.3, 0.4) is 0 Å². The van der Waals surface area contributed by atoms with Gasteiger partial charge in [-0.1, -0.05) is 30.3 Å². The van der Waals surface area contributed by atoms with Crippen LogP contribution in [0.1, 0.15) is 18.4 Å². The molecular weight excluding hydrogens is 354 g/mol. The van der Waals surface area contributed by atoms with E-state index >= 15 is 0 Å². The first kappa shape index (κ1) is 18.5. The average molecular weight is 379 g/mol. The van der Waals surface area contributed by atoms with Crippen LogP contribution in [-0.4, -0.2) is 54.5 Å². The maximum absolute atomic E-state index is 12.9. The third-order valence-electron chi connectivity index (χ3n) is 5.54. The van der Waals surface area contributed by atoms with Crippen molar-refractivity contribution in [3.63, 3.8) is 0 Å². The molecule has 2 aliphatic rings. The number of ether oxygens (including phenoxy) is 1. The molecule has 2 heterocycles. The predicted molar refractivity (Wildman–Crippen MR) is 107 cm³/mol. The minimum absolute atomic E-state index is 0.117. The number of rotatable bonds is 5. The highest BCUT2D eigenvalue weighted by Crippen LogP contribution is 2.27. The van der Waals surface area contributed by atoms with Gasteiger partial charge in [-0.05, 0) is 42.7 Å². The van der Waals surface area contributed by atoms with E-state index < -0.39 is 0 Å². The smallest absolute Gasteiger partial charge is 0.332 e. The molecule has 28 heavy (non-hydrogen) atoms. The molecule has 6 heteroatoms. The fourth-order valence-corrected chi connectivity index (χ4v) is 4.05. The molecule has 2 aliphatic heterocycles. The molecule has 0 atom stereocenters. The summed E-state index contributed by atoms with van der Waals surface area (Å²) in [6, 6.07) is 17.2. The van der Waals surface area contributed by atoms with Crippen LogP contribution in [0, 0.1) is 0 Å². The molecule has 0 saturated carbocycles. The number of carbonyl (C=O) groups excluding carboxylic acids is 2. The Morgan fingerprint density at radius 3 is 2.46 bits per heavy atom. The second-order valence-corrected chi connectivity index (χ2v) is 7.33. The van der Waals surface area contributed by atoms with Crippen molar-refractivity contribution >= 4 is 17.6 Å². The lowest BCUT2D eigenvalue weighted by molar-refractivity contribution is -0.116. The van der Waals surface area contributed by atoms with Crippen LogP contribution in [0.25, 0.3) is 0 Å². The molecule has 0 aromatic heterocycles. The van der Waals surface area contributed by atoms with E-state index in [4.69, 9.17) is 4.74 Å². The van der Waals surface area contributed by atoms with Crippen LogP contribution in [0.15, 0.2) is 54.6 Å². The highest BCUT2D eigenvalue weighted by molar-refractivity contribution is 6.19. The van der Waals surface area contributed by atoms with Crippen molar-refractivity contribution in [1.29, 1.82) is 0 Å². The zero-order valence-electron chi connectivity index (χ0n) is 16.1. The largest absolute Gasteiger partial charge is 0.497 e. The second kappa shape index (κ2) is 8.02. The number of nitrogens with zero attached hydrogens (tertiary/aromatic N) is 3. The Morgan fingerprint density at radius 1 is 1.00 bits per heavy atom. The summed E-state index contributed by atoms with van der Waals surface area (Å²) in [5.74, 6) is 0.726. The van der Waals surface area contributed by atoms with Gasteiger partial charge in [0, 0.05) is 25.7 Å². The number of methoxy groups -OCH3 is 1. The molecule has 146 valence electrons. The van der Waals surface area contributed by atoms with E-state index in [1.54, 1.807) is 24.1 Å². The molecule has 0 radical (unpaired) electrons. The van der Waals surface area contributed by atoms with Gasteiger partial charge in [0.2, 0.25) is 0 Å². The van der Waals surface area contributed by atoms with Crippen molar-refractivity contribution in [2.24, 2.45) is 0 Å². The van der Waals surface area contributed by atoms with Gasteiger partial charge in [-0.25, -0.2) is 9.69 Å². The van der Waals surface area contributed by atoms with Gasteiger partial charge in [-0.15, -0.1) is 0 Å². The molecule has 2 aromatic rings. The molecule has 0 spiro atoms. The first-order valence-electron chi connectivity index (χ1n) is 9.69. The summed E-state index contributed by atoms with van der Waals surface area (Å²) >= 11 is 0. The molecule has 2 saturated heterocycles. The van der Waals surface area contributed by atoms with Gasteiger partial charge in [0.1, 0.15) is 12.3 Å². The quantitative estimate of drug-likeness (QED) is 0.749. The molecule has 2 fully saturated rings. The lowest BCUT2D eigenvalue weighted by atomic mass is 10.0. The van der Waals surface area contributed by atoms with Crippen LogP contribution >= 0.6 is 0 Å². The predicted octanol–water partition coefficient (Wildman–Crippen LogP) is 3.13. The third kappa shape index (κ3) is 3.73. The van der Waals surface area contributed by atoms with Gasteiger partial charge in [-0.3, -0.25) is 9.69 Å². The molecule has 0 aliphatic carbocycles. The van der Waals surface area contributed by atoms with Gasteiger partial charge in [0.15, 0.2) is 0 Å². The average Bonchev–Trinajstić information content (AvgIpc) is 3.03. The lowest BCUT2D eigenvalue weighted by Gasteiger charge is -2.36. The summed E-state index contributed by atoms with van der Waals surface area (Å²) in [7, 11) is 1.68. The Labute approximate surface area is 165 Å². The topological polar surface area (TPSA) is 53.1 Å². The minimum atomic E-state index is -0.192. The number of amides is 3. The molecule has 0 unspecified atom stereocenters. The monoisotopic (exact) mass is 379 g/mol. The Balaban J connectivity index is 1.36. The highest BCUT2D eigenvalue weighted by atomic mass is 16.5. The van der Waals surface area contributed by atoms with Gasteiger partial charge in [0.25, 0.3) is 5.91 Å². The van der Waals surface area contributed by atoms with Gasteiger partial charge in [-0.2, -0.15) is 0 Å². The summed E-state index contributed by atoms with van der Waals surface area (Å²) in [4.78, 5) is 30.8. The molecule has 0 N–H and O–H groups in total. The first-order valence-corrected chi connectivity index (χ1v) is 9.69. The number of likely N-dealkylation sites (tertiary alicyclic amines) is 1. The zero-order valence-corrected chi connectivity index (χ0v) is 16.1. The highest BCUT2D eigenvalue weighted by Gasteiger charge is 2.41. The molecule has 6 nitrogen and oxygen atoms in total. The van der Waals surface area contributed by atoms with E-state index in [1.165, 1.54) is 10.5 Å². The molecule has 3 amide bonds. The minimum Gasteiger partial charge on any atom is -0.497 e. The standard InChI is InChI=1S/C22H25N3O3/c1-28-20-9-5-6-17(14-20)15-23-12-10-18(11-13-23)24-16-21(26)25(22(24)27)19-7-3-2-4-8-19/h2-9,14,18H,10-13,15-16H2,1H3. The van der Waals surface area contributed by atoms with Crippen LogP contribution < -0.4 is 9.64 Å². The van der Waals surface area contributed by atoms with Gasteiger partial charge >= 0.3 is 6.03 Å². The SMILES string of the molecule is COc1cccc(CN2CCC(N3CC(=O)N(c4ccccc4)C3=O)CC2)c1. The van der Waals surface area contributed by atoms with Gasteiger partial charge in [0.05, 0.1) is 12.8 Å². The van der Waals surface area contributed by atoms with E-state index in [1.807, 2.05) is 30.3 Å². The number of urea groups is 1. The summed E-state index contributed by atoms with van der Waals surface area (Å²) < 4.78 is 5.30. The summed E-state index contributed by atoms with van der Waals surface area (Å²) in [6.45, 7) is 2.86. The Bertz CT molecular complexity index is 847. The van der Waals surface area contributed by atoms with Crippen molar-refractivity contribution in [3.8, 4) is 5.75 Å². The van der Waals surface area contributed by atoms with Crippen molar-refractivity contribution in [1.82, 2.24) is 9.80 Å². The molecule has 0 bridgehead atoms. The fraction of sp³-hybridized carbons (Fsp3) is 0.364. The van der Waals surface area contributed by atoms with E-state index in [9.17, 15) is 9.59 Å². The maximum Gasteiger partial charge on any atom is 0.332 e. The number of carbonyl (C=O) groups is 2. The van der Waals surface area contributed by atoms with Gasteiger partial charge < -0.3 is 9.64 Å². The number of hydrogen-bond acceptors (Lipinski definition) is 4. The van der Waals surface area contributed by atoms with Crippen LogP contribution in [0.5, 0.6) is 5.75 Å². The lowest BCUT2D eigenvalue weighted by Crippen LogP contribution is -2.46. The van der Waals surface area contributed by atoms with E-state index in [2.05, 4.69) is 17.0 Å². The number of hydrogen-bond donors (Lipinski definition) is 0. The number of imide groups is 1. The number of anilines is 1. The second-order valence-electron chi connectivity index (χ2n) is 7.33. The summed E-state index contributed by atoms with van der Waals surface area (Å²) in [6.07, 6.45) is 1.76. The van der Waals surface area contributed by atoms with Crippen molar-refractivity contribution < 1.29 is 14.3 Å². The van der Waals surface area contributed by atoms with E-state index in [0.717, 1.165) is 38.2 Å². The van der Waals surface area contributed by atoms with Crippen LogP contribution in [0.4, 0.5) is 10.5 Å².